The molecule has 5 atom stereocenters. The van der Waals surface area contributed by atoms with E-state index in [-0.39, 0.29) is 18.1 Å². The van der Waals surface area contributed by atoms with Crippen LogP contribution < -0.4 is 0 Å². The van der Waals surface area contributed by atoms with Gasteiger partial charge in [0.1, 0.15) is 11.9 Å². The van der Waals surface area contributed by atoms with Gasteiger partial charge in [-0.1, -0.05) is 39.3 Å². The number of ketones is 1. The van der Waals surface area contributed by atoms with E-state index in [1.54, 1.807) is 32.1 Å². The third-order valence-electron chi connectivity index (χ3n) is 7.04. The average Bonchev–Trinajstić information content (AvgIpc) is 3.18. The number of allylic oxidation sites excluding steroid dienone is 1. The molecule has 2 N–H and O–H groups in total. The van der Waals surface area contributed by atoms with Crippen LogP contribution in [0.15, 0.2) is 22.6 Å². The van der Waals surface area contributed by atoms with Crippen molar-refractivity contribution < 1.29 is 24.5 Å². The van der Waals surface area contributed by atoms with Crippen LogP contribution in [-0.4, -0.2) is 45.3 Å². The normalized spacial score (nSPS) is 32.1. The zero-order chi connectivity index (χ0) is 25.6. The Bertz CT molecular complexity index is 916. The van der Waals surface area contributed by atoms with Crippen molar-refractivity contribution in [2.75, 3.05) is 0 Å². The molecule has 0 saturated carbocycles. The van der Waals surface area contributed by atoms with Crippen LogP contribution in [-0.2, 0) is 14.3 Å². The lowest BCUT2D eigenvalue weighted by Crippen LogP contribution is -2.45. The van der Waals surface area contributed by atoms with E-state index in [1.807, 2.05) is 32.2 Å². The van der Waals surface area contributed by atoms with Crippen LogP contribution in [0.25, 0.3) is 6.08 Å². The Morgan fingerprint density at radius 1 is 1.24 bits per heavy atom. The molecule has 0 fully saturated rings. The number of rotatable bonds is 2. The molecule has 0 amide bonds. The first-order chi connectivity index (χ1) is 15.8. The fraction of sp³-hybridized carbons (Fsp3) is 0.667. The minimum Gasteiger partial charge on any atom is -0.457 e. The highest BCUT2D eigenvalue weighted by Crippen LogP contribution is 2.32. The summed E-state index contributed by atoms with van der Waals surface area (Å²) >= 11 is 1.56. The number of esters is 1. The van der Waals surface area contributed by atoms with E-state index in [0.717, 1.165) is 35.5 Å². The summed E-state index contributed by atoms with van der Waals surface area (Å²) in [6, 6.07) is 0. The van der Waals surface area contributed by atoms with Crippen molar-refractivity contribution in [3.63, 3.8) is 0 Å². The third-order valence-corrected chi connectivity index (χ3v) is 7.83. The largest absolute Gasteiger partial charge is 0.457 e. The number of aromatic nitrogens is 1. The summed E-state index contributed by atoms with van der Waals surface area (Å²) in [5.41, 5.74) is 1.71. The van der Waals surface area contributed by atoms with Crippen LogP contribution in [0.1, 0.15) is 84.3 Å². The average molecular weight is 495 g/mol. The molecular weight excluding hydrogens is 453 g/mol. The summed E-state index contributed by atoms with van der Waals surface area (Å²) in [4.78, 5) is 30.5. The van der Waals surface area contributed by atoms with Gasteiger partial charge in [-0.05, 0) is 57.6 Å². The van der Waals surface area contributed by atoms with Gasteiger partial charge >= 0.3 is 5.97 Å². The van der Waals surface area contributed by atoms with Gasteiger partial charge < -0.3 is 14.9 Å². The van der Waals surface area contributed by atoms with Crippen molar-refractivity contribution in [2.45, 2.75) is 98.9 Å². The quantitative estimate of drug-likeness (QED) is 0.330. The molecule has 0 aliphatic carbocycles. The lowest BCUT2D eigenvalue weighted by atomic mass is 9.73. The number of nitrogens with zero attached hydrogens (tertiary/aromatic N) is 1. The minimum atomic E-state index is -1.21. The van der Waals surface area contributed by atoms with Crippen molar-refractivity contribution in [3.05, 3.63) is 33.3 Å². The van der Waals surface area contributed by atoms with E-state index in [2.05, 4.69) is 18.0 Å². The molecule has 1 aliphatic heterocycles. The highest BCUT2D eigenvalue weighted by Gasteiger charge is 2.42. The summed E-state index contributed by atoms with van der Waals surface area (Å²) in [5.74, 6) is -1.49. The van der Waals surface area contributed by atoms with Crippen LogP contribution in [0, 0.1) is 24.2 Å². The van der Waals surface area contributed by atoms with Crippen LogP contribution in [0.3, 0.4) is 0 Å². The van der Waals surface area contributed by atoms with Gasteiger partial charge in [0.15, 0.2) is 0 Å². The predicted octanol–water partition coefficient (Wildman–Crippen LogP) is 5.27. The van der Waals surface area contributed by atoms with Crippen LogP contribution in [0.4, 0.5) is 0 Å². The van der Waals surface area contributed by atoms with E-state index in [4.69, 9.17) is 4.74 Å². The first-order valence-corrected chi connectivity index (χ1v) is 13.1. The zero-order valence-electron chi connectivity index (χ0n) is 21.6. The molecule has 190 valence electrons. The van der Waals surface area contributed by atoms with Crippen molar-refractivity contribution in [1.29, 1.82) is 0 Å². The monoisotopic (exact) mass is 494 g/mol. The highest BCUT2D eigenvalue weighted by atomic mass is 32.1. The van der Waals surface area contributed by atoms with Crippen LogP contribution in [0.2, 0.25) is 0 Å². The third kappa shape index (κ3) is 7.59. The van der Waals surface area contributed by atoms with E-state index in [9.17, 15) is 19.8 Å². The smallest absolute Gasteiger partial charge is 0.309 e. The standard InChI is InChI=1S/C27H41NO5S/c1-16-9-8-10-17(2)25(31)19(4)26(32)27(6,7)23(29)14-24(30)33-22(12-11-16)18(3)13-21-15-34-20(5)28-21/h11,13,15,17,19,22-23,25,29,31H,8-10,12,14H2,1-7H3/b16-11-,18-13+/t17-,19+,22-,23-,25-/m0/s1/i5+1,20+1,28+1. The topological polar surface area (TPSA) is 96.7 Å². The number of cyclic esters (lactones) is 1. The Labute approximate surface area is 208 Å². The molecule has 0 aromatic carbocycles. The van der Waals surface area contributed by atoms with Crippen molar-refractivity contribution in [3.8, 4) is 0 Å². The SMILES string of the molecule is C/C1=C/C[C@@H](/C(C)=C/c2cs[13c]([13CH3])[15n]2)OC(=O)C[C@H](O)C(C)(C)C(=O)[C@H](C)[C@@H](O)[C@@H](C)CCC1. The molecule has 1 aromatic heterocycles. The molecule has 1 aliphatic rings. The Morgan fingerprint density at radius 3 is 2.53 bits per heavy atom. The lowest BCUT2D eigenvalue weighted by Gasteiger charge is -2.34. The first-order valence-electron chi connectivity index (χ1n) is 12.2. The lowest BCUT2D eigenvalue weighted by molar-refractivity contribution is -0.154. The number of carbonyl (C=O) groups excluding carboxylic acids is 2. The fourth-order valence-corrected chi connectivity index (χ4v) is 4.97. The van der Waals surface area contributed by atoms with Gasteiger partial charge in [-0.25, -0.2) is 4.98 Å². The maximum Gasteiger partial charge on any atom is 0.309 e. The van der Waals surface area contributed by atoms with Crippen molar-refractivity contribution >= 4 is 29.2 Å². The van der Waals surface area contributed by atoms with E-state index in [0.29, 0.717) is 6.42 Å². The number of aliphatic hydroxyl groups excluding tert-OH is 2. The Kier molecular flexibility index (Phi) is 10.2. The van der Waals surface area contributed by atoms with Gasteiger partial charge in [-0.2, -0.15) is 0 Å². The molecule has 0 radical (unpaired) electrons. The molecule has 34 heavy (non-hydrogen) atoms. The number of hydrogen-bond donors (Lipinski definition) is 2. The fourth-order valence-electron chi connectivity index (χ4n) is 4.40. The number of hydrogen-bond acceptors (Lipinski definition) is 7. The predicted molar refractivity (Wildman–Crippen MR) is 136 cm³/mol. The van der Waals surface area contributed by atoms with Gasteiger partial charge in [0, 0.05) is 17.7 Å². The van der Waals surface area contributed by atoms with Crippen molar-refractivity contribution in [2.24, 2.45) is 17.3 Å². The summed E-state index contributed by atoms with van der Waals surface area (Å²) in [7, 11) is 0. The van der Waals surface area contributed by atoms with Crippen molar-refractivity contribution in [1.82, 2.24) is 4.98 Å². The molecular formula is C27H41NO5S. The molecule has 6 nitrogen and oxygen atoms in total. The number of Topliss-reactive ketones (excluding diaryl/α,β-unsaturated/α-hetero) is 1. The second-order valence-corrected chi connectivity index (χ2v) is 11.5. The molecule has 1 aromatic rings. The second kappa shape index (κ2) is 12.2. The number of aliphatic hydroxyl groups is 2. The van der Waals surface area contributed by atoms with E-state index >= 15 is 0 Å². The maximum absolute atomic E-state index is 13.2. The Balaban J connectivity index is 2.33. The molecule has 0 spiro atoms. The van der Waals surface area contributed by atoms with E-state index < -0.39 is 35.6 Å². The zero-order valence-corrected chi connectivity index (χ0v) is 22.4. The van der Waals surface area contributed by atoms with Gasteiger partial charge in [0.2, 0.25) is 0 Å². The molecule has 2 rings (SSSR count). The molecule has 0 unspecified atom stereocenters. The number of carbonyl (C=O) groups is 2. The van der Waals surface area contributed by atoms with Crippen LogP contribution in [0.5, 0.6) is 0 Å². The molecule has 0 bridgehead atoms. The summed E-state index contributed by atoms with van der Waals surface area (Å²) in [6.07, 6.45) is 4.33. The summed E-state index contributed by atoms with van der Waals surface area (Å²) in [6.45, 7) is 12.8. The maximum atomic E-state index is 13.2. The van der Waals surface area contributed by atoms with Gasteiger partial charge in [0.25, 0.3) is 0 Å². The first kappa shape index (κ1) is 28.4. The van der Waals surface area contributed by atoms with Crippen LogP contribution >= 0.6 is 11.3 Å². The molecule has 0 saturated heterocycles. The Morgan fingerprint density at radius 2 is 1.91 bits per heavy atom. The second-order valence-electron chi connectivity index (χ2n) is 10.4. The van der Waals surface area contributed by atoms with E-state index in [1.165, 1.54) is 5.57 Å². The number of ether oxygens (including phenoxy) is 1. The molecule has 7 heteroatoms. The summed E-state index contributed by atoms with van der Waals surface area (Å²) in [5, 5.41) is 24.5. The molecule has 2 heterocycles. The van der Waals surface area contributed by atoms with Gasteiger partial charge in [-0.15, -0.1) is 11.3 Å². The summed E-state index contributed by atoms with van der Waals surface area (Å²) < 4.78 is 5.81. The number of aryl methyl sites for hydroxylation is 1. The van der Waals surface area contributed by atoms with Gasteiger partial charge in [0.05, 0.1) is 34.7 Å². The van der Waals surface area contributed by atoms with Gasteiger partial charge in [-0.3, -0.25) is 9.59 Å². The minimum absolute atomic E-state index is 0.0444. The highest BCUT2D eigenvalue weighted by molar-refractivity contribution is 7.09. The Hall–Kier alpha value is -1.83. The number of thiazole rings is 1.